The molecule has 0 spiro atoms. The first kappa shape index (κ1) is 38.9. The molecular weight excluding hydrogens is 735 g/mol. The molecule has 4 nitrogen and oxygen atoms in total. The van der Waals surface area contributed by atoms with Crippen molar-refractivity contribution in [3.05, 3.63) is 140 Å². The van der Waals surface area contributed by atoms with E-state index in [1.165, 1.54) is 48.8 Å². The number of carbonyl (C=O) groups excluding carboxylic acids is 1. The highest BCUT2D eigenvalue weighted by molar-refractivity contribution is 6.33. The van der Waals surface area contributed by atoms with Crippen LogP contribution in [0.2, 0.25) is 0 Å². The first-order valence-electron chi connectivity index (χ1n) is 20.8. The number of rotatable bonds is 5. The Kier molecular flexibility index (Phi) is 8.52. The summed E-state index contributed by atoms with van der Waals surface area (Å²) in [6.45, 7) is 24.9. The Hall–Kier alpha value is -5.62. The number of hydrogen-bond donors (Lipinski definition) is 0. The summed E-state index contributed by atoms with van der Waals surface area (Å²) in [6, 6.07) is 26.1. The minimum Gasteiger partial charge on any atom is -0.427 e. The fraction of sp³-hybridized carbons (Fsp3) is 0.321. The first-order chi connectivity index (χ1) is 27.7. The highest BCUT2D eigenvalue weighted by atomic mass is 19.3. The number of halogens is 2. The van der Waals surface area contributed by atoms with E-state index < -0.39 is 6.17 Å². The summed E-state index contributed by atoms with van der Waals surface area (Å²) >= 11 is 0. The smallest absolute Gasteiger partial charge is 0.427 e. The van der Waals surface area contributed by atoms with E-state index in [-0.39, 0.29) is 23.2 Å². The van der Waals surface area contributed by atoms with Gasteiger partial charge in [0.15, 0.2) is 5.71 Å². The molecule has 6 aromatic carbocycles. The number of benzene rings is 6. The van der Waals surface area contributed by atoms with Gasteiger partial charge in [-0.1, -0.05) is 84.0 Å². The number of aromatic nitrogens is 1. The predicted octanol–water partition coefficient (Wildman–Crippen LogP) is 13.6. The van der Waals surface area contributed by atoms with Gasteiger partial charge in [0.2, 0.25) is 5.70 Å². The fourth-order valence-electron chi connectivity index (χ4n) is 10.1. The molecule has 7 aromatic rings. The van der Waals surface area contributed by atoms with Crippen molar-refractivity contribution in [2.24, 2.45) is 0 Å². The average molecular weight is 788 g/mol. The molecule has 0 aliphatic carbocycles. The number of hydrogen-bond acceptors (Lipinski definition) is 2. The Labute approximate surface area is 345 Å². The second-order valence-electron chi connectivity index (χ2n) is 19.2. The van der Waals surface area contributed by atoms with E-state index in [9.17, 15) is 4.79 Å². The molecule has 0 radical (unpaired) electrons. The van der Waals surface area contributed by atoms with Crippen LogP contribution in [0, 0.1) is 27.7 Å². The molecule has 0 bridgehead atoms. The molecule has 0 N–H and O–H groups in total. The van der Waals surface area contributed by atoms with E-state index >= 15 is 8.78 Å². The van der Waals surface area contributed by atoms with E-state index in [1.54, 1.807) is 13.8 Å². The van der Waals surface area contributed by atoms with Crippen LogP contribution in [0.4, 0.5) is 8.78 Å². The summed E-state index contributed by atoms with van der Waals surface area (Å²) in [5.74, 6) is 0.135. The lowest BCUT2D eigenvalue weighted by Crippen LogP contribution is -2.42. The molecule has 6 heteroatoms. The number of allylic oxidation sites excluding steroid dienone is 2. The zero-order valence-corrected chi connectivity index (χ0v) is 36.4. The summed E-state index contributed by atoms with van der Waals surface area (Å²) in [4.78, 5) is 13.7. The van der Waals surface area contributed by atoms with Gasteiger partial charge in [0.05, 0.1) is 17.7 Å². The number of carbonyl (C=O) groups is 1. The average Bonchev–Trinajstić information content (AvgIpc) is 3.63. The number of aryl methyl sites for hydroxylation is 5. The number of fused-ring (bicyclic) bond motifs is 4. The molecule has 2 aliphatic heterocycles. The van der Waals surface area contributed by atoms with Crippen molar-refractivity contribution >= 4 is 60.3 Å². The number of ether oxygens (including phenoxy) is 1. The number of alkyl halides is 2. The van der Waals surface area contributed by atoms with Gasteiger partial charge in [0.25, 0.3) is 0 Å². The molecule has 1 aromatic heterocycles. The largest absolute Gasteiger partial charge is 0.565 e. The quantitative estimate of drug-likeness (QED) is 0.0435. The highest BCUT2D eigenvalue weighted by Gasteiger charge is 2.57. The van der Waals surface area contributed by atoms with E-state index in [1.807, 2.05) is 52.0 Å². The van der Waals surface area contributed by atoms with E-state index in [4.69, 9.17) is 4.74 Å². The summed E-state index contributed by atoms with van der Waals surface area (Å²) in [6.07, 6.45) is -0.692. The lowest BCUT2D eigenvalue weighted by atomic mass is 9.79. The molecule has 0 saturated carbocycles. The molecule has 0 unspecified atom stereocenters. The van der Waals surface area contributed by atoms with Crippen LogP contribution in [-0.4, -0.2) is 20.8 Å². The number of nitrogens with zero attached hydrogens (tertiary/aromatic N) is 2. The zero-order valence-electron chi connectivity index (χ0n) is 36.4. The maximum Gasteiger partial charge on any atom is 0.565 e. The van der Waals surface area contributed by atoms with Crippen molar-refractivity contribution in [3.63, 3.8) is 0 Å². The summed E-state index contributed by atoms with van der Waals surface area (Å²) in [5.41, 5.74) is 10.7. The zero-order chi connectivity index (χ0) is 42.2. The van der Waals surface area contributed by atoms with Crippen molar-refractivity contribution in [1.82, 2.24) is 4.57 Å². The molecule has 9 rings (SSSR count). The SMILES string of the molecule is CC1=CC(C)=[N+]2C1=C(c1c(C)cc(OC(=O)CCc3ccc4c5cc(C(C)(C)C)cc6cc(C(C)(C)C)cc(c7cccc3c74)c65)cc1C)c1c(C)cc(C)n1C2(F)F. The van der Waals surface area contributed by atoms with Gasteiger partial charge >= 0.3 is 12.1 Å². The Morgan fingerprint density at radius 1 is 0.712 bits per heavy atom. The molecule has 0 fully saturated rings. The lowest BCUT2D eigenvalue weighted by molar-refractivity contribution is -0.675. The monoisotopic (exact) mass is 787 g/mol. The fourth-order valence-corrected chi connectivity index (χ4v) is 10.1. The van der Waals surface area contributed by atoms with Crippen molar-refractivity contribution in [3.8, 4) is 5.75 Å². The van der Waals surface area contributed by atoms with Crippen LogP contribution in [0.15, 0.2) is 90.1 Å². The lowest BCUT2D eigenvalue weighted by Gasteiger charge is -2.28. The third-order valence-electron chi connectivity index (χ3n) is 12.8. The molecular formula is C53H53F2N2O2+. The third-order valence-corrected chi connectivity index (χ3v) is 12.8. The normalized spacial score (nSPS) is 15.6. The van der Waals surface area contributed by atoms with E-state index in [0.29, 0.717) is 35.0 Å². The molecule has 0 saturated heterocycles. The molecule has 59 heavy (non-hydrogen) atoms. The second kappa shape index (κ2) is 12.9. The summed E-state index contributed by atoms with van der Waals surface area (Å²) in [7, 11) is 0. The maximum atomic E-state index is 16.2. The van der Waals surface area contributed by atoms with Crippen molar-refractivity contribution in [2.75, 3.05) is 0 Å². The Balaban J connectivity index is 1.07. The van der Waals surface area contributed by atoms with Crippen LogP contribution in [0.25, 0.3) is 48.7 Å². The van der Waals surface area contributed by atoms with Gasteiger partial charge in [-0.15, -0.1) is 13.4 Å². The van der Waals surface area contributed by atoms with Gasteiger partial charge in [-0.3, -0.25) is 4.79 Å². The topological polar surface area (TPSA) is 34.2 Å². The number of esters is 1. The summed E-state index contributed by atoms with van der Waals surface area (Å²) in [5, 5.41) is 9.97. The van der Waals surface area contributed by atoms with Gasteiger partial charge in [-0.25, -0.2) is 4.57 Å². The minimum atomic E-state index is -3.25. The Bertz CT molecular complexity index is 2990. The van der Waals surface area contributed by atoms with Crippen molar-refractivity contribution < 1.29 is 22.9 Å². The van der Waals surface area contributed by atoms with Crippen LogP contribution >= 0.6 is 0 Å². The van der Waals surface area contributed by atoms with Crippen molar-refractivity contribution in [1.29, 1.82) is 0 Å². The van der Waals surface area contributed by atoms with Crippen LogP contribution in [0.5, 0.6) is 5.75 Å². The van der Waals surface area contributed by atoms with Gasteiger partial charge in [-0.2, -0.15) is 0 Å². The van der Waals surface area contributed by atoms with Gasteiger partial charge in [0, 0.05) is 24.3 Å². The van der Waals surface area contributed by atoms with Gasteiger partial charge in [0.1, 0.15) is 5.75 Å². The summed E-state index contributed by atoms with van der Waals surface area (Å²) < 4.78 is 40.9. The molecule has 0 amide bonds. The van der Waals surface area contributed by atoms with E-state index in [0.717, 1.165) is 53.5 Å². The molecule has 0 atom stereocenters. The van der Waals surface area contributed by atoms with Crippen LogP contribution in [0.1, 0.15) is 112 Å². The second-order valence-corrected chi connectivity index (χ2v) is 19.2. The molecule has 300 valence electrons. The highest BCUT2D eigenvalue weighted by Crippen LogP contribution is 2.49. The van der Waals surface area contributed by atoms with E-state index in [2.05, 4.69) is 96.1 Å². The first-order valence-corrected chi connectivity index (χ1v) is 20.8. The van der Waals surface area contributed by atoms with Gasteiger partial charge in [-0.05, 0) is 164 Å². The van der Waals surface area contributed by atoms with Crippen molar-refractivity contribution in [2.45, 2.75) is 113 Å². The Morgan fingerprint density at radius 2 is 1.31 bits per heavy atom. The molecule has 2 aliphatic rings. The molecule has 3 heterocycles. The van der Waals surface area contributed by atoms with Crippen LogP contribution in [0.3, 0.4) is 0 Å². The van der Waals surface area contributed by atoms with Crippen LogP contribution in [-0.2, 0) is 28.2 Å². The maximum absolute atomic E-state index is 16.2. The standard InChI is InChI=1S/C53H53F2N2O2/c1-28-22-38(23-29(2)45(28)48-49-30(3)20-32(5)56(49)53(54,55)57-33(6)21-31(4)50(48)57)59-44(58)19-17-34-16-18-41-43-27-37(52(10,11)12)25-35-24-36(51(7,8)9)26-42(46(35)43)40-15-13-14-39(34)47(40)41/h13-16,18,20-27H,17,19H2,1-12H3/q+1. The van der Waals surface area contributed by atoms with Crippen LogP contribution < -0.4 is 4.74 Å². The minimum absolute atomic E-state index is 0.0163. The third kappa shape index (κ3) is 5.88. The predicted molar refractivity (Wildman–Crippen MR) is 240 cm³/mol. The Morgan fingerprint density at radius 3 is 1.92 bits per heavy atom. The van der Waals surface area contributed by atoms with Gasteiger partial charge < -0.3 is 4.74 Å².